The van der Waals surface area contributed by atoms with E-state index in [4.69, 9.17) is 0 Å². The first-order valence-electron chi connectivity index (χ1n) is 8.54. The predicted molar refractivity (Wildman–Crippen MR) is 95.6 cm³/mol. The van der Waals surface area contributed by atoms with E-state index >= 15 is 0 Å². The number of unbranched alkanes of at least 4 members (excludes halogenated alkanes) is 1. The van der Waals surface area contributed by atoms with Crippen molar-refractivity contribution in [1.82, 2.24) is 3.38 Å². The third kappa shape index (κ3) is 5.22. The molecule has 2 aromatic rings. The van der Waals surface area contributed by atoms with E-state index < -0.39 is 0 Å². The fourth-order valence-corrected chi connectivity index (χ4v) is 3.84. The Kier molecular flexibility index (Phi) is 9.49. The zero-order valence-corrected chi connectivity index (χ0v) is 17.9. The van der Waals surface area contributed by atoms with Crippen LogP contribution in [0, 0.1) is 0 Å². The van der Waals surface area contributed by atoms with E-state index in [9.17, 15) is 0 Å². The first kappa shape index (κ1) is 22.5. The minimum absolute atomic E-state index is 0. The monoisotopic (exact) mass is 408 g/mol. The number of hydrogen-bond donors (Lipinski definition) is 0. The number of hydrogen-bond acceptors (Lipinski definition) is 1. The second-order valence-corrected chi connectivity index (χ2v) is 7.34. The Labute approximate surface area is 176 Å². The quantitative estimate of drug-likeness (QED) is 0.590. The first-order chi connectivity index (χ1) is 11.2. The van der Waals surface area contributed by atoms with Gasteiger partial charge in [0.15, 0.2) is 0 Å². The number of fused-ring (bicyclic) bond motifs is 1. The van der Waals surface area contributed by atoms with Crippen molar-refractivity contribution in [2.75, 3.05) is 6.54 Å². The van der Waals surface area contributed by atoms with Crippen molar-refractivity contribution >= 4 is 16.3 Å². The zero-order valence-electron chi connectivity index (χ0n) is 14.9. The fraction of sp³-hybridized carbons (Fsp3) is 0.333. The molecule has 1 aliphatic carbocycles. The summed E-state index contributed by atoms with van der Waals surface area (Å²) in [6.45, 7) is 6.68. The Balaban J connectivity index is 0.00000156. The Bertz CT molecular complexity index is 768. The number of benzene rings is 2. The van der Waals surface area contributed by atoms with Crippen LogP contribution in [0.5, 0.6) is 0 Å². The molecule has 1 aliphatic rings. The average molecular weight is 409 g/mol. The van der Waals surface area contributed by atoms with Gasteiger partial charge < -0.3 is 24.8 Å². The molecule has 0 aliphatic heterocycles. The van der Waals surface area contributed by atoms with E-state index in [2.05, 4.69) is 86.5 Å². The van der Waals surface area contributed by atoms with Gasteiger partial charge in [-0.3, -0.25) is 0 Å². The summed E-state index contributed by atoms with van der Waals surface area (Å²) in [5, 5.41) is 2.75. The minimum Gasteiger partial charge on any atom is -1.00 e. The third-order valence-corrected chi connectivity index (χ3v) is 5.26. The SMILES string of the molecule is CCCC[N]([Ti+2])Cc1c(C2=C(C)C=CC2)ccc2ccccc12.[Cl-].[Cl-]. The van der Waals surface area contributed by atoms with Gasteiger partial charge in [0.25, 0.3) is 0 Å². The molecule has 131 valence electrons. The fourth-order valence-electron chi connectivity index (χ4n) is 3.35. The van der Waals surface area contributed by atoms with Crippen LogP contribution in [-0.2, 0) is 27.2 Å². The van der Waals surface area contributed by atoms with Crippen LogP contribution in [0.2, 0.25) is 0 Å². The molecule has 0 bridgehead atoms. The second-order valence-electron chi connectivity index (χ2n) is 6.36. The van der Waals surface area contributed by atoms with Crippen LogP contribution in [0.3, 0.4) is 0 Å². The molecule has 2 aromatic carbocycles. The summed E-state index contributed by atoms with van der Waals surface area (Å²) in [5.74, 6) is 0. The van der Waals surface area contributed by atoms with Gasteiger partial charge in [-0.15, -0.1) is 0 Å². The largest absolute Gasteiger partial charge is 1.00 e. The Morgan fingerprint density at radius 2 is 1.84 bits per heavy atom. The molecule has 0 saturated heterocycles. The van der Waals surface area contributed by atoms with Crippen molar-refractivity contribution in [2.45, 2.75) is 39.7 Å². The summed E-state index contributed by atoms with van der Waals surface area (Å²) in [4.78, 5) is 0. The van der Waals surface area contributed by atoms with Crippen LogP contribution in [0.25, 0.3) is 16.3 Å². The molecule has 0 aromatic heterocycles. The maximum absolute atomic E-state index is 2.47. The summed E-state index contributed by atoms with van der Waals surface area (Å²) in [5.41, 5.74) is 5.83. The number of rotatable bonds is 6. The third-order valence-electron chi connectivity index (χ3n) is 4.66. The Hall–Kier alpha value is -0.566. The van der Waals surface area contributed by atoms with Crippen molar-refractivity contribution in [3.05, 3.63) is 65.3 Å². The molecular formula is C21H24Cl2NTi. The molecule has 0 atom stereocenters. The topological polar surface area (TPSA) is 3.24 Å². The number of halogens is 2. The second kappa shape index (κ2) is 10.6. The zero-order chi connectivity index (χ0) is 16.2. The van der Waals surface area contributed by atoms with E-state index in [0.717, 1.165) is 19.5 Å². The molecule has 0 fully saturated rings. The van der Waals surface area contributed by atoms with Gasteiger partial charge >= 0.3 is 152 Å². The summed E-state index contributed by atoms with van der Waals surface area (Å²) >= 11 is 2.25. The van der Waals surface area contributed by atoms with Crippen molar-refractivity contribution in [2.24, 2.45) is 0 Å². The van der Waals surface area contributed by atoms with E-state index in [-0.39, 0.29) is 24.8 Å². The first-order valence-corrected chi connectivity index (χ1v) is 9.24. The van der Waals surface area contributed by atoms with Crippen LogP contribution in [0.15, 0.2) is 54.1 Å². The summed E-state index contributed by atoms with van der Waals surface area (Å²) < 4.78 is 2.47. The number of allylic oxidation sites excluding steroid dienone is 4. The Morgan fingerprint density at radius 3 is 2.52 bits per heavy atom. The van der Waals surface area contributed by atoms with Gasteiger partial charge in [-0.05, 0) is 0 Å². The molecule has 4 heteroatoms. The van der Waals surface area contributed by atoms with Crippen LogP contribution in [0.4, 0.5) is 0 Å². The van der Waals surface area contributed by atoms with Gasteiger partial charge in [-0.25, -0.2) is 0 Å². The smallest absolute Gasteiger partial charge is 1.00 e. The molecule has 0 N–H and O–H groups in total. The molecule has 1 nitrogen and oxygen atoms in total. The minimum atomic E-state index is 0. The van der Waals surface area contributed by atoms with Crippen molar-refractivity contribution < 1.29 is 45.5 Å². The standard InChI is InChI=1S/C21H24N.2ClH.Ti/c1-3-4-14-22-15-21-19-10-6-5-9-17(19)12-13-20(21)18-11-7-8-16(18)2;;;/h5-10,12-13H,3-4,11,14-15H2,1-2H3;2*1H;/q-1;;;+3/p-2. The van der Waals surface area contributed by atoms with E-state index in [1.165, 1.54) is 45.9 Å². The molecule has 0 spiro atoms. The molecular weight excluding hydrogens is 385 g/mol. The molecule has 0 amide bonds. The summed E-state index contributed by atoms with van der Waals surface area (Å²) in [6, 6.07) is 13.4. The number of nitrogens with zero attached hydrogens (tertiary/aromatic N) is 1. The van der Waals surface area contributed by atoms with Crippen LogP contribution < -0.4 is 24.8 Å². The average Bonchev–Trinajstić information content (AvgIpc) is 2.99. The van der Waals surface area contributed by atoms with Crippen LogP contribution in [-0.4, -0.2) is 9.93 Å². The van der Waals surface area contributed by atoms with Gasteiger partial charge in [0, 0.05) is 0 Å². The van der Waals surface area contributed by atoms with Gasteiger partial charge in [-0.2, -0.15) is 0 Å². The van der Waals surface area contributed by atoms with Crippen molar-refractivity contribution in [3.8, 4) is 0 Å². The van der Waals surface area contributed by atoms with E-state index in [0.29, 0.717) is 0 Å². The molecule has 25 heavy (non-hydrogen) atoms. The summed E-state index contributed by atoms with van der Waals surface area (Å²) in [6.07, 6.45) is 8.12. The molecule has 0 heterocycles. The van der Waals surface area contributed by atoms with E-state index in [1.54, 1.807) is 0 Å². The van der Waals surface area contributed by atoms with Gasteiger partial charge in [0.2, 0.25) is 0 Å². The van der Waals surface area contributed by atoms with E-state index in [1.807, 2.05) is 0 Å². The van der Waals surface area contributed by atoms with Gasteiger partial charge in [0.1, 0.15) is 0 Å². The molecule has 0 unspecified atom stereocenters. The summed E-state index contributed by atoms with van der Waals surface area (Å²) in [7, 11) is 0. The van der Waals surface area contributed by atoms with Crippen LogP contribution in [0.1, 0.15) is 44.2 Å². The maximum Gasteiger partial charge on any atom is -1.00 e. The van der Waals surface area contributed by atoms with Gasteiger partial charge in [-0.1, -0.05) is 0 Å². The molecule has 0 radical (unpaired) electrons. The van der Waals surface area contributed by atoms with Gasteiger partial charge in [0.05, 0.1) is 0 Å². The normalized spacial score (nSPS) is 13.3. The van der Waals surface area contributed by atoms with Crippen LogP contribution >= 0.6 is 0 Å². The van der Waals surface area contributed by atoms with Crippen molar-refractivity contribution in [3.63, 3.8) is 0 Å². The maximum atomic E-state index is 2.47. The van der Waals surface area contributed by atoms with Crippen molar-refractivity contribution in [1.29, 1.82) is 0 Å². The molecule has 3 rings (SSSR count). The predicted octanol–water partition coefficient (Wildman–Crippen LogP) is -0.355. The molecule has 0 saturated carbocycles. The Morgan fingerprint density at radius 1 is 1.08 bits per heavy atom.